The van der Waals surface area contributed by atoms with E-state index in [4.69, 9.17) is 16.3 Å². The highest BCUT2D eigenvalue weighted by atomic mass is 35.5. The third-order valence-electron chi connectivity index (χ3n) is 4.72. The van der Waals surface area contributed by atoms with Gasteiger partial charge in [0.15, 0.2) is 0 Å². The van der Waals surface area contributed by atoms with Crippen molar-refractivity contribution >= 4 is 17.6 Å². The zero-order chi connectivity index (χ0) is 18.7. The molecule has 0 bridgehead atoms. The van der Waals surface area contributed by atoms with Crippen LogP contribution in [-0.2, 0) is 4.79 Å². The van der Waals surface area contributed by atoms with Gasteiger partial charge in [-0.2, -0.15) is 0 Å². The first-order chi connectivity index (χ1) is 12.5. The molecule has 1 atom stereocenters. The molecule has 1 N–H and O–H groups in total. The summed E-state index contributed by atoms with van der Waals surface area (Å²) in [6, 6.07) is 11.3. The average molecular weight is 377 g/mol. The largest absolute Gasteiger partial charge is 0.489 e. The Morgan fingerprint density at radius 2 is 2.00 bits per heavy atom. The summed E-state index contributed by atoms with van der Waals surface area (Å²) in [5.41, 5.74) is 3.34. The molecule has 0 radical (unpaired) electrons. The molecule has 1 fully saturated rings. The first kappa shape index (κ1) is 18.7. The summed E-state index contributed by atoms with van der Waals surface area (Å²) in [6.07, 6.45) is 2.78. The maximum Gasteiger partial charge on any atom is 0.310 e. The van der Waals surface area contributed by atoms with Crippen LogP contribution in [0.25, 0.3) is 11.1 Å². The molecule has 0 aliphatic heterocycles. The molecule has 3 rings (SSSR count). The Balaban J connectivity index is 2.06. The molecule has 0 aromatic heterocycles. The van der Waals surface area contributed by atoms with Gasteiger partial charge in [0.25, 0.3) is 0 Å². The van der Waals surface area contributed by atoms with Crippen LogP contribution in [0.15, 0.2) is 36.4 Å². The van der Waals surface area contributed by atoms with Crippen molar-refractivity contribution in [3.8, 4) is 16.9 Å². The lowest BCUT2D eigenvalue weighted by molar-refractivity contribution is -0.139. The summed E-state index contributed by atoms with van der Waals surface area (Å²) in [5.74, 6) is -0.577. The quantitative estimate of drug-likeness (QED) is 0.649. The second kappa shape index (κ2) is 8.09. The molecule has 1 saturated carbocycles. The molecule has 26 heavy (non-hydrogen) atoms. The van der Waals surface area contributed by atoms with Crippen molar-refractivity contribution in [3.05, 3.63) is 52.5 Å². The van der Waals surface area contributed by atoms with Gasteiger partial charge in [0.05, 0.1) is 10.9 Å². The predicted molar refractivity (Wildman–Crippen MR) is 101 cm³/mol. The van der Waals surface area contributed by atoms with Crippen molar-refractivity contribution in [3.63, 3.8) is 0 Å². The van der Waals surface area contributed by atoms with E-state index in [-0.39, 0.29) is 6.61 Å². The first-order valence-electron chi connectivity index (χ1n) is 8.81. The van der Waals surface area contributed by atoms with Crippen molar-refractivity contribution < 1.29 is 19.0 Å². The molecule has 0 heterocycles. The summed E-state index contributed by atoms with van der Waals surface area (Å²) in [5, 5.41) is 9.99. The van der Waals surface area contributed by atoms with Crippen LogP contribution >= 0.6 is 11.6 Å². The minimum absolute atomic E-state index is 0.0949. The van der Waals surface area contributed by atoms with E-state index in [1.165, 1.54) is 0 Å². The van der Waals surface area contributed by atoms with E-state index in [9.17, 15) is 14.3 Å². The maximum atomic E-state index is 12.6. The Morgan fingerprint density at radius 1 is 1.31 bits per heavy atom. The predicted octanol–water partition coefficient (Wildman–Crippen LogP) is 5.63. The van der Waals surface area contributed by atoms with E-state index >= 15 is 0 Å². The smallest absolute Gasteiger partial charge is 0.310 e. The Hall–Kier alpha value is -2.07. The highest BCUT2D eigenvalue weighted by molar-refractivity contribution is 6.32. The van der Waals surface area contributed by atoms with Gasteiger partial charge in [-0.1, -0.05) is 54.3 Å². The van der Waals surface area contributed by atoms with Crippen molar-refractivity contribution in [1.29, 1.82) is 0 Å². The van der Waals surface area contributed by atoms with Crippen LogP contribution in [0, 0.1) is 12.8 Å². The zero-order valence-electron chi connectivity index (χ0n) is 14.7. The van der Waals surface area contributed by atoms with Crippen LogP contribution in [0.2, 0.25) is 5.02 Å². The number of aryl methyl sites for hydroxylation is 1. The Morgan fingerprint density at radius 3 is 2.58 bits per heavy atom. The number of hydrogen-bond donors (Lipinski definition) is 1. The number of rotatable bonds is 8. The molecule has 5 heteroatoms. The fourth-order valence-electron chi connectivity index (χ4n) is 3.12. The summed E-state index contributed by atoms with van der Waals surface area (Å²) in [4.78, 5) is 11.8. The van der Waals surface area contributed by atoms with E-state index in [1.807, 2.05) is 37.3 Å². The third kappa shape index (κ3) is 4.36. The fraction of sp³-hybridized carbons (Fsp3) is 0.381. The van der Waals surface area contributed by atoms with Crippen LogP contribution in [0.1, 0.15) is 36.3 Å². The van der Waals surface area contributed by atoms with Crippen molar-refractivity contribution in [2.24, 2.45) is 5.92 Å². The number of alkyl halides is 1. The Labute approximate surface area is 157 Å². The van der Waals surface area contributed by atoms with Crippen molar-refractivity contribution in [1.82, 2.24) is 0 Å². The molecule has 3 nitrogen and oxygen atoms in total. The number of hydrogen-bond acceptors (Lipinski definition) is 2. The molecular weight excluding hydrogens is 355 g/mol. The molecule has 0 spiro atoms. The lowest BCUT2D eigenvalue weighted by Crippen LogP contribution is -2.13. The van der Waals surface area contributed by atoms with Gasteiger partial charge in [0, 0.05) is 5.56 Å². The van der Waals surface area contributed by atoms with Crippen LogP contribution in [0.4, 0.5) is 4.39 Å². The van der Waals surface area contributed by atoms with Crippen LogP contribution in [-0.4, -0.2) is 24.4 Å². The minimum atomic E-state index is -0.847. The van der Waals surface area contributed by atoms with Crippen LogP contribution in [0.5, 0.6) is 5.75 Å². The summed E-state index contributed by atoms with van der Waals surface area (Å²) in [7, 11) is 0. The van der Waals surface area contributed by atoms with E-state index in [0.29, 0.717) is 34.2 Å². The monoisotopic (exact) mass is 376 g/mol. The van der Waals surface area contributed by atoms with E-state index in [0.717, 1.165) is 24.0 Å². The molecular formula is C21H22ClFO3. The van der Waals surface area contributed by atoms with Gasteiger partial charge in [-0.25, -0.2) is 4.39 Å². The summed E-state index contributed by atoms with van der Waals surface area (Å²) in [6.45, 7) is 1.27. The van der Waals surface area contributed by atoms with Gasteiger partial charge in [-0.15, -0.1) is 0 Å². The molecule has 1 aliphatic carbocycles. The molecule has 0 saturated heterocycles. The lowest BCUT2D eigenvalue weighted by atomic mass is 9.90. The Bertz CT molecular complexity index is 785. The van der Waals surface area contributed by atoms with Gasteiger partial charge in [0.1, 0.15) is 19.0 Å². The maximum absolute atomic E-state index is 12.6. The van der Waals surface area contributed by atoms with E-state index in [2.05, 4.69) is 0 Å². The van der Waals surface area contributed by atoms with Gasteiger partial charge in [0.2, 0.25) is 0 Å². The van der Waals surface area contributed by atoms with E-state index in [1.54, 1.807) is 6.07 Å². The van der Waals surface area contributed by atoms with Crippen molar-refractivity contribution in [2.75, 3.05) is 13.3 Å². The molecule has 0 amide bonds. The number of carboxylic acid groups (broad SMARTS) is 1. The van der Waals surface area contributed by atoms with Gasteiger partial charge in [-0.3, -0.25) is 4.79 Å². The molecule has 2 aromatic rings. The first-order valence-corrected chi connectivity index (χ1v) is 9.19. The molecule has 138 valence electrons. The molecule has 1 aliphatic rings. The third-order valence-corrected chi connectivity index (χ3v) is 5.00. The summed E-state index contributed by atoms with van der Waals surface area (Å²) < 4.78 is 18.2. The van der Waals surface area contributed by atoms with Gasteiger partial charge in [-0.05, 0) is 42.5 Å². The summed E-state index contributed by atoms with van der Waals surface area (Å²) >= 11 is 6.41. The number of carboxylic acids is 1. The fourth-order valence-corrected chi connectivity index (χ4v) is 3.40. The number of halogens is 2. The lowest BCUT2D eigenvalue weighted by Gasteiger charge is -2.18. The molecule has 1 unspecified atom stereocenters. The Kier molecular flexibility index (Phi) is 5.82. The van der Waals surface area contributed by atoms with Crippen LogP contribution in [0.3, 0.4) is 0 Å². The SMILES string of the molecule is Cc1ccc(-c2cc(C(CC3CC3)C(=O)O)cc(Cl)c2OCCF)cc1. The number of ether oxygens (including phenoxy) is 1. The minimum Gasteiger partial charge on any atom is -0.489 e. The highest BCUT2D eigenvalue weighted by Crippen LogP contribution is 2.43. The normalized spacial score (nSPS) is 14.9. The van der Waals surface area contributed by atoms with Gasteiger partial charge < -0.3 is 9.84 Å². The second-order valence-corrected chi connectivity index (χ2v) is 7.26. The van der Waals surface area contributed by atoms with Gasteiger partial charge >= 0.3 is 5.97 Å². The second-order valence-electron chi connectivity index (χ2n) is 6.85. The molecule has 2 aromatic carbocycles. The van der Waals surface area contributed by atoms with E-state index < -0.39 is 18.6 Å². The average Bonchev–Trinajstić information content (AvgIpc) is 3.43. The number of carbonyl (C=O) groups is 1. The number of benzene rings is 2. The number of aliphatic carboxylic acids is 1. The zero-order valence-corrected chi connectivity index (χ0v) is 15.4. The highest BCUT2D eigenvalue weighted by Gasteiger charge is 2.31. The van der Waals surface area contributed by atoms with Crippen molar-refractivity contribution in [2.45, 2.75) is 32.1 Å². The van der Waals surface area contributed by atoms with Crippen LogP contribution < -0.4 is 4.74 Å². The standard InChI is InChI=1S/C21H22ClFO3/c1-13-2-6-15(7-3-13)17-11-16(12-19(22)20(17)26-9-8-23)18(21(24)25)10-14-4-5-14/h2-3,6-7,11-12,14,18H,4-5,8-10H2,1H3,(H,24,25). The topological polar surface area (TPSA) is 46.5 Å².